The number of amides is 1. The van der Waals surface area contributed by atoms with Crippen molar-refractivity contribution in [2.24, 2.45) is 10.2 Å². The maximum atomic E-state index is 11.3. The minimum absolute atomic E-state index is 0.243. The summed E-state index contributed by atoms with van der Waals surface area (Å²) in [5.74, 6) is 0.259. The molecule has 0 spiro atoms. The fraction of sp³-hybridized carbons (Fsp3) is 0.0625. The molecule has 23 heavy (non-hydrogen) atoms. The van der Waals surface area contributed by atoms with Crippen LogP contribution >= 0.6 is 0 Å². The Labute approximate surface area is 132 Å². The van der Waals surface area contributed by atoms with Gasteiger partial charge in [0.25, 0.3) is 0 Å². The SMILES string of the molecule is CC(=O)Nc1nn(-c2ccccc2)nc1N=Nc1ccccc1. The largest absolute Gasteiger partial charge is 0.306 e. The Bertz CT molecular complexity index is 826. The zero-order valence-corrected chi connectivity index (χ0v) is 12.4. The van der Waals surface area contributed by atoms with Crippen LogP contribution in [0.2, 0.25) is 0 Å². The number of aromatic nitrogens is 3. The van der Waals surface area contributed by atoms with Crippen molar-refractivity contribution in [3.8, 4) is 5.69 Å². The summed E-state index contributed by atoms with van der Waals surface area (Å²) in [4.78, 5) is 12.7. The van der Waals surface area contributed by atoms with Crippen molar-refractivity contribution < 1.29 is 4.79 Å². The van der Waals surface area contributed by atoms with Crippen LogP contribution in [0.1, 0.15) is 6.92 Å². The van der Waals surface area contributed by atoms with Crippen LogP contribution in [-0.2, 0) is 4.79 Å². The molecule has 7 nitrogen and oxygen atoms in total. The third kappa shape index (κ3) is 3.65. The first-order valence-corrected chi connectivity index (χ1v) is 6.99. The molecule has 114 valence electrons. The highest BCUT2D eigenvalue weighted by atomic mass is 16.1. The molecule has 3 aromatic rings. The molecule has 0 bridgehead atoms. The Morgan fingerprint density at radius 2 is 1.61 bits per heavy atom. The van der Waals surface area contributed by atoms with E-state index >= 15 is 0 Å². The van der Waals surface area contributed by atoms with E-state index in [1.54, 1.807) is 0 Å². The Balaban J connectivity index is 1.96. The highest BCUT2D eigenvalue weighted by Gasteiger charge is 2.13. The van der Waals surface area contributed by atoms with Crippen molar-refractivity contribution in [3.05, 3.63) is 60.7 Å². The van der Waals surface area contributed by atoms with Crippen LogP contribution in [0.4, 0.5) is 17.3 Å². The number of nitrogens with one attached hydrogen (secondary N) is 1. The third-order valence-electron chi connectivity index (χ3n) is 2.89. The van der Waals surface area contributed by atoms with Gasteiger partial charge in [0.2, 0.25) is 17.5 Å². The molecule has 0 aliphatic heterocycles. The average Bonchev–Trinajstić information content (AvgIpc) is 2.97. The highest BCUT2D eigenvalue weighted by molar-refractivity contribution is 5.89. The lowest BCUT2D eigenvalue weighted by molar-refractivity contribution is -0.114. The lowest BCUT2D eigenvalue weighted by atomic mass is 10.3. The molecule has 0 saturated heterocycles. The van der Waals surface area contributed by atoms with E-state index in [4.69, 9.17) is 0 Å². The van der Waals surface area contributed by atoms with Crippen LogP contribution in [0.15, 0.2) is 70.9 Å². The highest BCUT2D eigenvalue weighted by Crippen LogP contribution is 2.24. The van der Waals surface area contributed by atoms with Crippen molar-refractivity contribution >= 4 is 23.2 Å². The van der Waals surface area contributed by atoms with E-state index in [1.165, 1.54) is 11.7 Å². The molecule has 0 aliphatic rings. The molecule has 1 amide bonds. The number of para-hydroxylation sites is 1. The normalized spacial score (nSPS) is 10.8. The van der Waals surface area contributed by atoms with Gasteiger partial charge in [0.15, 0.2) is 0 Å². The molecular formula is C16H14N6O. The second-order valence-electron chi connectivity index (χ2n) is 4.71. The van der Waals surface area contributed by atoms with Gasteiger partial charge in [0, 0.05) is 6.92 Å². The van der Waals surface area contributed by atoms with Gasteiger partial charge in [-0.25, -0.2) is 0 Å². The molecule has 0 atom stereocenters. The monoisotopic (exact) mass is 306 g/mol. The zero-order valence-electron chi connectivity index (χ0n) is 12.4. The Morgan fingerprint density at radius 3 is 2.26 bits per heavy atom. The predicted octanol–water partition coefficient (Wildman–Crippen LogP) is 3.64. The second-order valence-corrected chi connectivity index (χ2v) is 4.71. The standard InChI is InChI=1S/C16H14N6O/c1-12(23)17-15-16(19-18-13-8-4-2-5-9-13)21-22(20-15)14-10-6-3-7-11-14/h2-11H,1H3,(H,17,20,23). The zero-order chi connectivity index (χ0) is 16.1. The van der Waals surface area contributed by atoms with Crippen LogP contribution < -0.4 is 5.32 Å². The lowest BCUT2D eigenvalue weighted by Gasteiger charge is -1.97. The molecule has 2 aromatic carbocycles. The summed E-state index contributed by atoms with van der Waals surface area (Å²) < 4.78 is 0. The minimum atomic E-state index is -0.249. The van der Waals surface area contributed by atoms with Gasteiger partial charge in [-0.1, -0.05) is 36.4 Å². The summed E-state index contributed by atoms with van der Waals surface area (Å²) in [5.41, 5.74) is 1.45. The van der Waals surface area contributed by atoms with Crippen LogP contribution in [0.3, 0.4) is 0 Å². The van der Waals surface area contributed by atoms with Crippen molar-refractivity contribution in [1.82, 2.24) is 15.0 Å². The van der Waals surface area contributed by atoms with Crippen LogP contribution in [0.5, 0.6) is 0 Å². The molecule has 0 radical (unpaired) electrons. The summed E-state index contributed by atoms with van der Waals surface area (Å²) in [6, 6.07) is 18.6. The number of nitrogens with zero attached hydrogens (tertiary/aromatic N) is 5. The van der Waals surface area contributed by atoms with Gasteiger partial charge in [-0.3, -0.25) is 4.79 Å². The van der Waals surface area contributed by atoms with E-state index < -0.39 is 0 Å². The van der Waals surface area contributed by atoms with Gasteiger partial charge in [-0.2, -0.15) is 0 Å². The van der Waals surface area contributed by atoms with E-state index in [2.05, 4.69) is 25.7 Å². The van der Waals surface area contributed by atoms with Gasteiger partial charge in [-0.05, 0) is 24.3 Å². The maximum absolute atomic E-state index is 11.3. The van der Waals surface area contributed by atoms with Crippen LogP contribution in [0, 0.1) is 0 Å². The molecule has 1 aromatic heterocycles. The summed E-state index contributed by atoms with van der Waals surface area (Å²) in [7, 11) is 0. The molecule has 0 fully saturated rings. The number of carbonyl (C=O) groups excluding carboxylic acids is 1. The predicted molar refractivity (Wildman–Crippen MR) is 86.3 cm³/mol. The van der Waals surface area contributed by atoms with Gasteiger partial charge >= 0.3 is 0 Å². The first kappa shape index (κ1) is 14.6. The van der Waals surface area contributed by atoms with Crippen LogP contribution in [-0.4, -0.2) is 20.9 Å². The average molecular weight is 306 g/mol. The first-order chi connectivity index (χ1) is 11.2. The first-order valence-electron chi connectivity index (χ1n) is 6.99. The van der Waals surface area contributed by atoms with Crippen molar-refractivity contribution in [2.75, 3.05) is 5.32 Å². The van der Waals surface area contributed by atoms with E-state index in [-0.39, 0.29) is 17.5 Å². The quantitative estimate of drug-likeness (QED) is 0.747. The van der Waals surface area contributed by atoms with E-state index in [0.29, 0.717) is 5.69 Å². The molecular weight excluding hydrogens is 292 g/mol. The van der Waals surface area contributed by atoms with E-state index in [1.807, 2.05) is 60.7 Å². The minimum Gasteiger partial charge on any atom is -0.306 e. The number of azo groups is 1. The molecule has 0 saturated carbocycles. The molecule has 0 aliphatic carbocycles. The fourth-order valence-electron chi connectivity index (χ4n) is 1.89. The van der Waals surface area contributed by atoms with E-state index in [9.17, 15) is 4.79 Å². The number of hydrogen-bond donors (Lipinski definition) is 1. The molecule has 7 heteroatoms. The fourth-order valence-corrected chi connectivity index (χ4v) is 1.89. The number of hydrogen-bond acceptors (Lipinski definition) is 5. The Morgan fingerprint density at radius 1 is 0.957 bits per heavy atom. The van der Waals surface area contributed by atoms with Crippen molar-refractivity contribution in [1.29, 1.82) is 0 Å². The van der Waals surface area contributed by atoms with E-state index in [0.717, 1.165) is 5.69 Å². The Hall–Kier alpha value is -3.35. The molecule has 3 rings (SSSR count). The van der Waals surface area contributed by atoms with Gasteiger partial charge < -0.3 is 5.32 Å². The van der Waals surface area contributed by atoms with Crippen molar-refractivity contribution in [3.63, 3.8) is 0 Å². The summed E-state index contributed by atoms with van der Waals surface area (Å²) in [5, 5.41) is 19.3. The third-order valence-corrected chi connectivity index (χ3v) is 2.89. The topological polar surface area (TPSA) is 84.5 Å². The lowest BCUT2D eigenvalue weighted by Crippen LogP contribution is -2.07. The smallest absolute Gasteiger partial charge is 0.240 e. The van der Waals surface area contributed by atoms with Crippen LogP contribution in [0.25, 0.3) is 5.69 Å². The molecule has 1 N–H and O–H groups in total. The number of carbonyl (C=O) groups is 1. The summed E-state index contributed by atoms with van der Waals surface area (Å²) >= 11 is 0. The van der Waals surface area contributed by atoms with Gasteiger partial charge in [-0.15, -0.1) is 25.2 Å². The van der Waals surface area contributed by atoms with Gasteiger partial charge in [0.1, 0.15) is 0 Å². The number of anilines is 1. The molecule has 1 heterocycles. The summed E-state index contributed by atoms with van der Waals surface area (Å²) in [6.45, 7) is 1.40. The second kappa shape index (κ2) is 6.61. The summed E-state index contributed by atoms with van der Waals surface area (Å²) in [6.07, 6.45) is 0. The number of benzene rings is 2. The number of rotatable bonds is 4. The molecule has 0 unspecified atom stereocenters. The van der Waals surface area contributed by atoms with Crippen molar-refractivity contribution in [2.45, 2.75) is 6.92 Å². The van der Waals surface area contributed by atoms with Gasteiger partial charge in [0.05, 0.1) is 11.4 Å². The Kier molecular flexibility index (Phi) is 4.19. The maximum Gasteiger partial charge on any atom is 0.240 e.